The minimum atomic E-state index is -1.36. The van der Waals surface area contributed by atoms with Crippen molar-refractivity contribution in [1.29, 1.82) is 0 Å². The maximum atomic E-state index is 13.7. The van der Waals surface area contributed by atoms with Crippen LogP contribution in [0.25, 0.3) is 0 Å². The highest BCUT2D eigenvalue weighted by atomic mass is 16.4. The number of nitrogens with zero attached hydrogens (tertiary/aromatic N) is 2. The Hall–Kier alpha value is -5.64. The molecule has 0 saturated carbocycles. The van der Waals surface area contributed by atoms with E-state index in [1.807, 2.05) is 0 Å². The smallest absolute Gasteiger partial charge is 0.326 e. The molecule has 4 atom stereocenters. The van der Waals surface area contributed by atoms with Gasteiger partial charge in [-0.2, -0.15) is 0 Å². The summed E-state index contributed by atoms with van der Waals surface area (Å²) in [6, 6.07) is 7.03. The number of phenols is 2. The van der Waals surface area contributed by atoms with Gasteiger partial charge in [-0.3, -0.25) is 19.4 Å². The number of aliphatic carboxylic acids is 1. The number of hydrogen-bond donors (Lipinski definition) is 10. The first kappa shape index (κ1) is 34.8. The van der Waals surface area contributed by atoms with Gasteiger partial charge < -0.3 is 53.5 Å². The summed E-state index contributed by atoms with van der Waals surface area (Å²) in [5.41, 5.74) is 18.3. The van der Waals surface area contributed by atoms with Crippen LogP contribution in [-0.2, 0) is 38.4 Å². The molecule has 1 heterocycles. The number of aromatic nitrogens is 2. The zero-order chi connectivity index (χ0) is 33.6. The first-order valence-electron chi connectivity index (χ1n) is 14.4. The summed E-state index contributed by atoms with van der Waals surface area (Å²) in [5, 5.41) is 36.8. The Kier molecular flexibility index (Phi) is 12.9. The molecular weight excluding hydrogens is 598 g/mol. The van der Waals surface area contributed by atoms with E-state index in [2.05, 4.69) is 30.9 Å². The zero-order valence-corrected chi connectivity index (χ0v) is 24.9. The predicted octanol–water partition coefficient (Wildman–Crippen LogP) is -1.23. The number of H-pyrrole nitrogens is 1. The average molecular weight is 638 g/mol. The molecule has 16 nitrogen and oxygen atoms in total. The van der Waals surface area contributed by atoms with Crippen molar-refractivity contribution in [3.63, 3.8) is 0 Å². The quantitative estimate of drug-likeness (QED) is 0.0475. The minimum Gasteiger partial charge on any atom is -0.508 e. The van der Waals surface area contributed by atoms with Gasteiger partial charge in [-0.15, -0.1) is 0 Å². The third kappa shape index (κ3) is 11.5. The Labute approximate surface area is 264 Å². The Morgan fingerprint density at radius 3 is 1.78 bits per heavy atom. The van der Waals surface area contributed by atoms with Crippen LogP contribution in [0.1, 0.15) is 29.7 Å². The first-order valence-corrected chi connectivity index (χ1v) is 14.4. The summed E-state index contributed by atoms with van der Waals surface area (Å²) in [6.45, 7) is 0.259. The number of aliphatic imine (C=N–C) groups is 1. The van der Waals surface area contributed by atoms with Crippen LogP contribution in [0.4, 0.5) is 0 Å². The molecule has 4 unspecified atom stereocenters. The van der Waals surface area contributed by atoms with Crippen molar-refractivity contribution < 1.29 is 34.5 Å². The number of carbonyl (C=O) groups excluding carboxylic acids is 3. The number of nitrogens with one attached hydrogen (secondary N) is 4. The summed E-state index contributed by atoms with van der Waals surface area (Å²) in [5.74, 6) is -3.54. The van der Waals surface area contributed by atoms with Crippen molar-refractivity contribution in [1.82, 2.24) is 25.9 Å². The van der Waals surface area contributed by atoms with E-state index >= 15 is 0 Å². The Morgan fingerprint density at radius 2 is 1.28 bits per heavy atom. The van der Waals surface area contributed by atoms with Crippen molar-refractivity contribution in [2.24, 2.45) is 22.2 Å². The largest absolute Gasteiger partial charge is 0.508 e. The molecule has 3 aromatic rings. The van der Waals surface area contributed by atoms with E-state index in [4.69, 9.17) is 17.2 Å². The van der Waals surface area contributed by atoms with E-state index in [1.54, 1.807) is 12.1 Å². The van der Waals surface area contributed by atoms with Crippen molar-refractivity contribution in [2.45, 2.75) is 56.3 Å². The molecule has 2 aromatic carbocycles. The highest BCUT2D eigenvalue weighted by Crippen LogP contribution is 2.14. The van der Waals surface area contributed by atoms with E-state index < -0.39 is 47.9 Å². The molecule has 13 N–H and O–H groups in total. The lowest BCUT2D eigenvalue weighted by Gasteiger charge is -2.25. The van der Waals surface area contributed by atoms with Crippen LogP contribution < -0.4 is 33.2 Å². The minimum absolute atomic E-state index is 0.00263. The number of rotatable bonds is 17. The highest BCUT2D eigenvalue weighted by molar-refractivity contribution is 5.94. The molecule has 0 aliphatic heterocycles. The van der Waals surface area contributed by atoms with Crippen LogP contribution in [0.2, 0.25) is 0 Å². The van der Waals surface area contributed by atoms with Crippen molar-refractivity contribution in [2.75, 3.05) is 6.54 Å². The topological polar surface area (TPSA) is 284 Å². The fourth-order valence-corrected chi connectivity index (χ4v) is 4.44. The van der Waals surface area contributed by atoms with E-state index in [0.29, 0.717) is 23.2 Å². The van der Waals surface area contributed by atoms with Crippen molar-refractivity contribution in [3.05, 3.63) is 77.9 Å². The van der Waals surface area contributed by atoms with Crippen LogP contribution in [0.5, 0.6) is 11.5 Å². The molecule has 46 heavy (non-hydrogen) atoms. The number of amides is 3. The highest BCUT2D eigenvalue weighted by Gasteiger charge is 2.31. The van der Waals surface area contributed by atoms with Crippen LogP contribution in [0, 0.1) is 0 Å². The molecule has 246 valence electrons. The van der Waals surface area contributed by atoms with Gasteiger partial charge in [0.2, 0.25) is 17.7 Å². The molecule has 0 aliphatic carbocycles. The number of benzene rings is 2. The fraction of sp³-hybridized carbons (Fsp3) is 0.333. The number of aromatic amines is 1. The second-order valence-corrected chi connectivity index (χ2v) is 10.6. The monoisotopic (exact) mass is 637 g/mol. The normalized spacial score (nSPS) is 13.4. The van der Waals surface area contributed by atoms with E-state index in [0.717, 1.165) is 0 Å². The van der Waals surface area contributed by atoms with Gasteiger partial charge in [0, 0.05) is 37.7 Å². The molecule has 16 heteroatoms. The summed E-state index contributed by atoms with van der Waals surface area (Å²) >= 11 is 0. The van der Waals surface area contributed by atoms with Gasteiger partial charge in [-0.1, -0.05) is 24.3 Å². The second-order valence-electron chi connectivity index (χ2n) is 10.6. The number of carboxylic acids is 1. The molecule has 0 bridgehead atoms. The van der Waals surface area contributed by atoms with Gasteiger partial charge in [0.25, 0.3) is 0 Å². The molecule has 3 rings (SSSR count). The lowest BCUT2D eigenvalue weighted by atomic mass is 10.0. The van der Waals surface area contributed by atoms with Crippen LogP contribution in [-0.4, -0.2) is 85.7 Å². The van der Waals surface area contributed by atoms with Gasteiger partial charge >= 0.3 is 5.97 Å². The number of hydrogen-bond acceptors (Lipinski definition) is 9. The number of phenolic OH excluding ortho intramolecular Hbond substituents is 2. The molecule has 3 amide bonds. The summed E-state index contributed by atoms with van der Waals surface area (Å²) in [7, 11) is 0. The van der Waals surface area contributed by atoms with Crippen LogP contribution in [0.15, 0.2) is 66.0 Å². The predicted molar refractivity (Wildman–Crippen MR) is 167 cm³/mol. The van der Waals surface area contributed by atoms with Gasteiger partial charge in [-0.05, 0) is 48.2 Å². The third-order valence-electron chi connectivity index (χ3n) is 6.92. The lowest BCUT2D eigenvalue weighted by Crippen LogP contribution is -2.58. The van der Waals surface area contributed by atoms with Gasteiger partial charge in [-0.25, -0.2) is 9.78 Å². The molecule has 0 aliphatic rings. The molecule has 0 radical (unpaired) electrons. The first-order chi connectivity index (χ1) is 21.9. The van der Waals surface area contributed by atoms with Gasteiger partial charge in [0.05, 0.1) is 12.4 Å². The van der Waals surface area contributed by atoms with E-state index in [-0.39, 0.29) is 49.7 Å². The molecular formula is C30H39N9O7. The summed E-state index contributed by atoms with van der Waals surface area (Å²) in [6.07, 6.45) is 3.28. The summed E-state index contributed by atoms with van der Waals surface area (Å²) < 4.78 is 0. The summed E-state index contributed by atoms with van der Waals surface area (Å²) in [4.78, 5) is 62.9. The van der Waals surface area contributed by atoms with E-state index in [1.165, 1.54) is 48.9 Å². The Morgan fingerprint density at radius 1 is 0.783 bits per heavy atom. The average Bonchev–Trinajstić information content (AvgIpc) is 3.53. The molecule has 0 spiro atoms. The Balaban J connectivity index is 1.79. The SMILES string of the molecule is NC(N)=NCCCC(N)C(=O)NC(Cc1ccc(O)cc1)C(=O)NC(Cc1cnc[nH]1)C(=O)NC(Cc1ccc(O)cc1)C(=O)O. The molecule has 0 saturated heterocycles. The lowest BCUT2D eigenvalue weighted by molar-refractivity contribution is -0.142. The number of nitrogens with two attached hydrogens (primary N) is 3. The standard InChI is InChI=1S/C30H39N9O7/c31-22(2-1-11-35-30(32)33)26(42)37-23(12-17-3-7-20(40)8-4-17)27(43)38-24(14-19-15-34-16-36-19)28(44)39-25(29(45)46)13-18-5-9-21(41)10-6-18/h3-10,15-16,22-25,40-41H,1-2,11-14,31H2,(H,34,36)(H,37,42)(H,38,43)(H,39,44)(H,45,46)(H4,32,33,35). The fourth-order valence-electron chi connectivity index (χ4n) is 4.44. The number of carboxylic acid groups (broad SMARTS) is 1. The number of aromatic hydroxyl groups is 2. The van der Waals surface area contributed by atoms with Crippen molar-refractivity contribution in [3.8, 4) is 11.5 Å². The van der Waals surface area contributed by atoms with Gasteiger partial charge in [0.15, 0.2) is 5.96 Å². The third-order valence-corrected chi connectivity index (χ3v) is 6.92. The van der Waals surface area contributed by atoms with Gasteiger partial charge in [0.1, 0.15) is 29.6 Å². The number of guanidine groups is 1. The number of carbonyl (C=O) groups is 4. The van der Waals surface area contributed by atoms with Crippen LogP contribution >= 0.6 is 0 Å². The second kappa shape index (κ2) is 17.0. The van der Waals surface area contributed by atoms with E-state index in [9.17, 15) is 34.5 Å². The molecule has 1 aromatic heterocycles. The molecule has 0 fully saturated rings. The Bertz CT molecular complexity index is 1480. The van der Waals surface area contributed by atoms with Crippen molar-refractivity contribution >= 4 is 29.7 Å². The maximum Gasteiger partial charge on any atom is 0.326 e. The number of imidazole rings is 1. The van der Waals surface area contributed by atoms with Crippen LogP contribution in [0.3, 0.4) is 0 Å². The zero-order valence-electron chi connectivity index (χ0n) is 24.9. The maximum absolute atomic E-state index is 13.7.